The average molecular weight is 334 g/mol. The van der Waals surface area contributed by atoms with Crippen LogP contribution >= 0.6 is 24.0 Å². The van der Waals surface area contributed by atoms with Crippen LogP contribution in [0.5, 0.6) is 0 Å². The molecule has 0 bridgehead atoms. The van der Waals surface area contributed by atoms with Gasteiger partial charge in [-0.05, 0) is 62.9 Å². The summed E-state index contributed by atoms with van der Waals surface area (Å²) in [7, 11) is 4.37. The van der Waals surface area contributed by atoms with Crippen LogP contribution in [0.4, 0.5) is 0 Å². The number of rotatable bonds is 5. The van der Waals surface area contributed by atoms with Crippen molar-refractivity contribution in [3.8, 4) is 0 Å². The van der Waals surface area contributed by atoms with Crippen molar-refractivity contribution >= 4 is 24.0 Å². The van der Waals surface area contributed by atoms with Gasteiger partial charge in [0.15, 0.2) is 0 Å². The molecule has 2 atom stereocenters. The van der Waals surface area contributed by atoms with Gasteiger partial charge in [0, 0.05) is 17.0 Å². The van der Waals surface area contributed by atoms with E-state index in [1.807, 2.05) is 12.1 Å². The van der Waals surface area contributed by atoms with Gasteiger partial charge in [-0.25, -0.2) is 0 Å². The molecular weight excluding hydrogens is 305 g/mol. The summed E-state index contributed by atoms with van der Waals surface area (Å²) in [6.07, 6.45) is 4.01. The second-order valence-corrected chi connectivity index (χ2v) is 7.20. The molecule has 1 aromatic carbocycles. The van der Waals surface area contributed by atoms with E-state index < -0.39 is 0 Å². The molecule has 2 unspecified atom stereocenters. The first-order chi connectivity index (χ1) is 8.94. The highest BCUT2D eigenvalue weighted by atomic mass is 35.5. The Bertz CT molecular complexity index is 419. The lowest BCUT2D eigenvalue weighted by molar-refractivity contribution is 0.0678. The van der Waals surface area contributed by atoms with Gasteiger partial charge in [0.2, 0.25) is 0 Å². The van der Waals surface area contributed by atoms with Gasteiger partial charge in [-0.3, -0.25) is 0 Å². The van der Waals surface area contributed by atoms with Crippen LogP contribution in [0.3, 0.4) is 0 Å². The highest BCUT2D eigenvalue weighted by Gasteiger charge is 2.47. The zero-order valence-corrected chi connectivity index (χ0v) is 15.1. The molecule has 1 fully saturated rings. The number of benzene rings is 1. The van der Waals surface area contributed by atoms with E-state index in [-0.39, 0.29) is 17.9 Å². The van der Waals surface area contributed by atoms with E-state index in [0.717, 1.165) is 23.4 Å². The molecule has 122 valence electrons. The second-order valence-electron chi connectivity index (χ2n) is 6.77. The zero-order valence-electron chi connectivity index (χ0n) is 13.5. The van der Waals surface area contributed by atoms with Crippen LogP contribution in [0.1, 0.15) is 38.7 Å². The van der Waals surface area contributed by atoms with Crippen LogP contribution in [-0.2, 0) is 5.41 Å². The van der Waals surface area contributed by atoms with Crippen molar-refractivity contribution in [3.05, 3.63) is 34.9 Å². The predicted molar refractivity (Wildman–Crippen MR) is 94.7 cm³/mol. The molecule has 2 rings (SSSR count). The highest BCUT2D eigenvalue weighted by molar-refractivity contribution is 6.30. The summed E-state index contributed by atoms with van der Waals surface area (Å²) >= 11 is 6.04. The van der Waals surface area contributed by atoms with E-state index in [1.165, 1.54) is 24.8 Å². The third-order valence-corrected chi connectivity index (χ3v) is 4.75. The Labute approximate surface area is 140 Å². The van der Waals surface area contributed by atoms with Gasteiger partial charge in [0.25, 0.3) is 0 Å². The molecule has 0 amide bonds. The number of nitrogens with zero attached hydrogens (tertiary/aromatic N) is 1. The fourth-order valence-corrected chi connectivity index (χ4v) is 3.76. The van der Waals surface area contributed by atoms with Crippen LogP contribution in [0.25, 0.3) is 0 Å². The Morgan fingerprint density at radius 1 is 1.24 bits per heavy atom. The van der Waals surface area contributed by atoms with Crippen molar-refractivity contribution in [2.24, 2.45) is 11.8 Å². The lowest BCUT2D eigenvalue weighted by Crippen LogP contribution is -2.51. The minimum Gasteiger partial charge on any atom is -0.412 e. The molecule has 2 N–H and O–H groups in total. The molecule has 4 heteroatoms. The van der Waals surface area contributed by atoms with Gasteiger partial charge in [0.1, 0.15) is 0 Å². The van der Waals surface area contributed by atoms with Crippen LogP contribution in [-0.4, -0.2) is 31.0 Å². The topological polar surface area (TPSA) is 34.7 Å². The molecule has 0 spiro atoms. The van der Waals surface area contributed by atoms with Gasteiger partial charge in [-0.2, -0.15) is 0 Å². The highest BCUT2D eigenvalue weighted by Crippen LogP contribution is 2.51. The first-order valence-corrected chi connectivity index (χ1v) is 7.72. The van der Waals surface area contributed by atoms with E-state index in [0.29, 0.717) is 5.41 Å². The van der Waals surface area contributed by atoms with Crippen molar-refractivity contribution in [2.75, 3.05) is 20.6 Å². The second kappa shape index (κ2) is 8.38. The van der Waals surface area contributed by atoms with Gasteiger partial charge >= 0.3 is 0 Å². The number of hydrogen-bond donors (Lipinski definition) is 0. The van der Waals surface area contributed by atoms with Crippen LogP contribution < -0.4 is 0 Å². The van der Waals surface area contributed by atoms with E-state index in [4.69, 9.17) is 11.6 Å². The lowest BCUT2D eigenvalue weighted by Gasteiger charge is -2.52. The smallest absolute Gasteiger partial charge is 0.0406 e. The number of hydrogen-bond acceptors (Lipinski definition) is 1. The molecule has 1 aliphatic rings. The van der Waals surface area contributed by atoms with E-state index in [9.17, 15) is 0 Å². The van der Waals surface area contributed by atoms with Gasteiger partial charge < -0.3 is 10.4 Å². The maximum Gasteiger partial charge on any atom is 0.0406 e. The molecule has 1 aliphatic carbocycles. The van der Waals surface area contributed by atoms with Crippen LogP contribution in [0, 0.1) is 11.8 Å². The maximum atomic E-state index is 6.04. The molecular formula is C17H29Cl2NO. The van der Waals surface area contributed by atoms with Crippen molar-refractivity contribution < 1.29 is 5.48 Å². The van der Waals surface area contributed by atoms with E-state index in [1.54, 1.807) is 0 Å². The van der Waals surface area contributed by atoms with E-state index >= 15 is 0 Å². The molecule has 0 aliphatic heterocycles. The molecule has 21 heavy (non-hydrogen) atoms. The average Bonchev–Trinajstić information content (AvgIpc) is 2.32. The van der Waals surface area contributed by atoms with E-state index in [2.05, 4.69) is 45.0 Å². The molecule has 2 nitrogen and oxygen atoms in total. The minimum atomic E-state index is 0. The maximum absolute atomic E-state index is 6.04. The molecule has 1 aromatic rings. The molecule has 0 heterocycles. The monoisotopic (exact) mass is 333 g/mol. The standard InChI is InChI=1S/C17H26ClN.ClH.H2O/c1-13(2)11-15-9-10-17(15,12-19(3)4)14-5-7-16(18)8-6-14;;/h5-8,13,15H,9-12H2,1-4H3;1H;1H2. The van der Waals surface area contributed by atoms with Crippen LogP contribution in [0.15, 0.2) is 24.3 Å². The van der Waals surface area contributed by atoms with Gasteiger partial charge in [0.05, 0.1) is 0 Å². The first-order valence-electron chi connectivity index (χ1n) is 7.35. The van der Waals surface area contributed by atoms with Crippen molar-refractivity contribution in [2.45, 2.75) is 38.5 Å². The Morgan fingerprint density at radius 3 is 2.19 bits per heavy atom. The van der Waals surface area contributed by atoms with Crippen molar-refractivity contribution in [3.63, 3.8) is 0 Å². The number of halogens is 2. The molecule has 1 saturated carbocycles. The SMILES string of the molecule is CC(C)CC1CCC1(CN(C)C)c1ccc(Cl)cc1.Cl.O. The largest absolute Gasteiger partial charge is 0.412 e. The van der Waals surface area contributed by atoms with Crippen molar-refractivity contribution in [1.29, 1.82) is 0 Å². The third kappa shape index (κ3) is 4.59. The summed E-state index contributed by atoms with van der Waals surface area (Å²) in [6.45, 7) is 5.81. The zero-order chi connectivity index (χ0) is 14.0. The fraction of sp³-hybridized carbons (Fsp3) is 0.647. The Balaban J connectivity index is 0.00000200. The third-order valence-electron chi connectivity index (χ3n) is 4.49. The van der Waals surface area contributed by atoms with Crippen LogP contribution in [0.2, 0.25) is 5.02 Å². The van der Waals surface area contributed by atoms with Crippen molar-refractivity contribution in [1.82, 2.24) is 4.90 Å². The summed E-state index contributed by atoms with van der Waals surface area (Å²) in [5.74, 6) is 1.59. The summed E-state index contributed by atoms with van der Waals surface area (Å²) < 4.78 is 0. The summed E-state index contributed by atoms with van der Waals surface area (Å²) in [5, 5.41) is 0.837. The van der Waals surface area contributed by atoms with Gasteiger partial charge in [-0.1, -0.05) is 37.6 Å². The molecule has 0 aromatic heterocycles. The molecule has 0 radical (unpaired) electrons. The summed E-state index contributed by atoms with van der Waals surface area (Å²) in [5.41, 5.74) is 1.82. The minimum absolute atomic E-state index is 0. The van der Waals surface area contributed by atoms with Gasteiger partial charge in [-0.15, -0.1) is 12.4 Å². The predicted octanol–water partition coefficient (Wildman–Crippen LogP) is 4.19. The summed E-state index contributed by atoms with van der Waals surface area (Å²) in [6, 6.07) is 8.55. The lowest BCUT2D eigenvalue weighted by atomic mass is 9.54. The fourth-order valence-electron chi connectivity index (χ4n) is 3.63. The Hall–Kier alpha value is -0.280. The number of likely N-dealkylation sites (N-methyl/N-ethyl adjacent to an activating group) is 1. The normalized spacial score (nSPS) is 24.2. The Morgan fingerprint density at radius 2 is 1.81 bits per heavy atom. The summed E-state index contributed by atoms with van der Waals surface area (Å²) in [4.78, 5) is 2.33. The quantitative estimate of drug-likeness (QED) is 0.795. The first kappa shape index (κ1) is 20.7. The Kier molecular flexibility index (Phi) is 8.27. The molecule has 0 saturated heterocycles.